The Morgan fingerprint density at radius 3 is 2.32 bits per heavy atom. The molecule has 2 N–H and O–H groups in total. The van der Waals surface area contributed by atoms with Gasteiger partial charge in [-0.2, -0.15) is 0 Å². The predicted molar refractivity (Wildman–Crippen MR) is 118 cm³/mol. The second-order valence-electron chi connectivity index (χ2n) is 6.63. The molecule has 2 rings (SSSR count). The van der Waals surface area contributed by atoms with Crippen LogP contribution in [-0.4, -0.2) is 68.6 Å². The van der Waals surface area contributed by atoms with Crippen LogP contribution in [0.2, 0.25) is 0 Å². The van der Waals surface area contributed by atoms with Crippen LogP contribution in [0.15, 0.2) is 35.3 Å². The van der Waals surface area contributed by atoms with Gasteiger partial charge in [-0.3, -0.25) is 4.99 Å². The summed E-state index contributed by atoms with van der Waals surface area (Å²) >= 11 is 0. The van der Waals surface area contributed by atoms with Gasteiger partial charge in [0.1, 0.15) is 0 Å². The van der Waals surface area contributed by atoms with E-state index in [1.807, 2.05) is 13.1 Å². The van der Waals surface area contributed by atoms with Gasteiger partial charge in [0.25, 0.3) is 0 Å². The summed E-state index contributed by atoms with van der Waals surface area (Å²) in [6, 6.07) is 10.4. The Kier molecular flexibility index (Phi) is 11.1. The van der Waals surface area contributed by atoms with E-state index in [2.05, 4.69) is 63.5 Å². The summed E-state index contributed by atoms with van der Waals surface area (Å²) in [7, 11) is 1.83. The van der Waals surface area contributed by atoms with Gasteiger partial charge in [0.2, 0.25) is 0 Å². The number of guanidine groups is 1. The first-order chi connectivity index (χ1) is 11.7. The molecule has 1 aromatic rings. The minimum absolute atomic E-state index is 0. The molecule has 1 aliphatic heterocycles. The molecule has 0 aliphatic carbocycles. The lowest BCUT2D eigenvalue weighted by Crippen LogP contribution is -2.48. The van der Waals surface area contributed by atoms with Crippen LogP contribution in [0.25, 0.3) is 0 Å². The maximum absolute atomic E-state index is 4.32. The Labute approximate surface area is 170 Å². The molecule has 1 aliphatic rings. The van der Waals surface area contributed by atoms with Crippen LogP contribution >= 0.6 is 24.0 Å². The molecule has 1 heterocycles. The highest BCUT2D eigenvalue weighted by molar-refractivity contribution is 14.0. The van der Waals surface area contributed by atoms with Crippen LogP contribution in [0.3, 0.4) is 0 Å². The number of nitrogens with zero attached hydrogens (tertiary/aromatic N) is 3. The van der Waals surface area contributed by atoms with Crippen LogP contribution in [-0.2, 0) is 6.54 Å². The first-order valence-electron chi connectivity index (χ1n) is 9.14. The number of rotatable bonds is 7. The van der Waals surface area contributed by atoms with Crippen molar-refractivity contribution in [3.63, 3.8) is 0 Å². The van der Waals surface area contributed by atoms with Gasteiger partial charge in [-0.15, -0.1) is 24.0 Å². The van der Waals surface area contributed by atoms with E-state index in [0.717, 1.165) is 25.6 Å². The third-order valence-electron chi connectivity index (χ3n) is 4.63. The molecule has 142 valence electrons. The van der Waals surface area contributed by atoms with Gasteiger partial charge in [0, 0.05) is 52.9 Å². The van der Waals surface area contributed by atoms with Crippen LogP contribution in [0.4, 0.5) is 0 Å². The van der Waals surface area contributed by atoms with E-state index in [4.69, 9.17) is 0 Å². The minimum atomic E-state index is 0. The molecule has 1 atom stereocenters. The van der Waals surface area contributed by atoms with Gasteiger partial charge < -0.3 is 20.4 Å². The van der Waals surface area contributed by atoms with Crippen molar-refractivity contribution >= 4 is 29.9 Å². The Hall–Kier alpha value is -0.860. The number of likely N-dealkylation sites (N-methyl/N-ethyl adjacent to an activating group) is 1. The number of hydrogen-bond acceptors (Lipinski definition) is 3. The fourth-order valence-electron chi connectivity index (χ4n) is 3.07. The topological polar surface area (TPSA) is 42.9 Å². The molecule has 0 aromatic heterocycles. The molecule has 0 bridgehead atoms. The zero-order chi connectivity index (χ0) is 17.2. The van der Waals surface area contributed by atoms with Crippen molar-refractivity contribution in [3.8, 4) is 0 Å². The molecule has 0 saturated carbocycles. The lowest BCUT2D eigenvalue weighted by Gasteiger charge is -2.35. The van der Waals surface area contributed by atoms with E-state index in [1.54, 1.807) is 0 Å². The third kappa shape index (κ3) is 8.37. The van der Waals surface area contributed by atoms with E-state index in [-0.39, 0.29) is 24.0 Å². The highest BCUT2D eigenvalue weighted by Crippen LogP contribution is 2.05. The van der Waals surface area contributed by atoms with Gasteiger partial charge in [-0.25, -0.2) is 0 Å². The van der Waals surface area contributed by atoms with Crippen molar-refractivity contribution < 1.29 is 0 Å². The molecule has 5 nitrogen and oxygen atoms in total. The molecule has 25 heavy (non-hydrogen) atoms. The Morgan fingerprint density at radius 1 is 1.08 bits per heavy atom. The predicted octanol–water partition coefficient (Wildman–Crippen LogP) is 2.24. The van der Waals surface area contributed by atoms with Crippen LogP contribution in [0.5, 0.6) is 0 Å². The molecule has 0 amide bonds. The number of aliphatic imine (C=N–C) groups is 1. The highest BCUT2D eigenvalue weighted by Gasteiger charge is 2.17. The van der Waals surface area contributed by atoms with E-state index in [0.29, 0.717) is 5.92 Å². The number of nitrogens with one attached hydrogen (secondary N) is 2. The summed E-state index contributed by atoms with van der Waals surface area (Å²) in [4.78, 5) is 9.42. The second-order valence-corrected chi connectivity index (χ2v) is 6.63. The minimum Gasteiger partial charge on any atom is -0.356 e. The molecule has 0 radical (unpaired) electrons. The first kappa shape index (κ1) is 22.2. The summed E-state index contributed by atoms with van der Waals surface area (Å²) in [6.07, 6.45) is 0. The average Bonchev–Trinajstić information content (AvgIpc) is 2.63. The standard InChI is InChI=1S/C19H33N5.HI/c1-4-23-10-12-24(13-11-23)16-17(2)14-21-19(20-3)22-15-18-8-6-5-7-9-18;/h5-9,17H,4,10-16H2,1-3H3,(H2,20,21,22);1H. The van der Waals surface area contributed by atoms with Gasteiger partial charge in [-0.1, -0.05) is 44.2 Å². The molecule has 0 spiro atoms. The molecule has 1 fully saturated rings. The number of piperazine rings is 1. The summed E-state index contributed by atoms with van der Waals surface area (Å²) in [5.41, 5.74) is 1.27. The van der Waals surface area contributed by atoms with Gasteiger partial charge >= 0.3 is 0 Å². The maximum Gasteiger partial charge on any atom is 0.191 e. The summed E-state index contributed by atoms with van der Waals surface area (Å²) in [5.74, 6) is 1.48. The first-order valence-corrected chi connectivity index (χ1v) is 9.14. The molecular formula is C19H34IN5. The average molecular weight is 459 g/mol. The molecule has 6 heteroatoms. The zero-order valence-corrected chi connectivity index (χ0v) is 18.2. The Morgan fingerprint density at radius 2 is 1.72 bits per heavy atom. The number of halogens is 1. The van der Waals surface area contributed by atoms with E-state index >= 15 is 0 Å². The molecule has 1 aromatic carbocycles. The largest absolute Gasteiger partial charge is 0.356 e. The van der Waals surface area contributed by atoms with E-state index in [1.165, 1.54) is 38.3 Å². The fraction of sp³-hybridized carbons (Fsp3) is 0.632. The Bertz CT molecular complexity index is 486. The van der Waals surface area contributed by atoms with Crippen molar-refractivity contribution in [1.82, 2.24) is 20.4 Å². The van der Waals surface area contributed by atoms with Crippen molar-refractivity contribution in [3.05, 3.63) is 35.9 Å². The quantitative estimate of drug-likeness (QED) is 0.373. The number of hydrogen-bond donors (Lipinski definition) is 2. The van der Waals surface area contributed by atoms with Crippen molar-refractivity contribution in [2.75, 3.05) is 52.9 Å². The highest BCUT2D eigenvalue weighted by atomic mass is 127. The number of benzene rings is 1. The zero-order valence-electron chi connectivity index (χ0n) is 15.9. The van der Waals surface area contributed by atoms with Crippen molar-refractivity contribution in [1.29, 1.82) is 0 Å². The second kappa shape index (κ2) is 12.5. The van der Waals surface area contributed by atoms with Crippen LogP contribution in [0.1, 0.15) is 19.4 Å². The fourth-order valence-corrected chi connectivity index (χ4v) is 3.07. The maximum atomic E-state index is 4.32. The van der Waals surface area contributed by atoms with Gasteiger partial charge in [0.05, 0.1) is 0 Å². The van der Waals surface area contributed by atoms with Crippen LogP contribution in [0, 0.1) is 5.92 Å². The smallest absolute Gasteiger partial charge is 0.191 e. The Balaban J connectivity index is 0.00000312. The van der Waals surface area contributed by atoms with Crippen molar-refractivity contribution in [2.24, 2.45) is 10.9 Å². The third-order valence-corrected chi connectivity index (χ3v) is 4.63. The summed E-state index contributed by atoms with van der Waals surface area (Å²) < 4.78 is 0. The summed E-state index contributed by atoms with van der Waals surface area (Å²) in [5, 5.41) is 6.83. The van der Waals surface area contributed by atoms with E-state index in [9.17, 15) is 0 Å². The lowest BCUT2D eigenvalue weighted by molar-refractivity contribution is 0.124. The molecule has 1 saturated heterocycles. The normalized spacial score (nSPS) is 17.6. The molecule has 1 unspecified atom stereocenters. The molecular weight excluding hydrogens is 425 g/mol. The van der Waals surface area contributed by atoms with Gasteiger partial charge in [0.15, 0.2) is 5.96 Å². The van der Waals surface area contributed by atoms with Crippen LogP contribution < -0.4 is 10.6 Å². The van der Waals surface area contributed by atoms with Crippen molar-refractivity contribution in [2.45, 2.75) is 20.4 Å². The summed E-state index contributed by atoms with van der Waals surface area (Å²) in [6.45, 7) is 13.4. The van der Waals surface area contributed by atoms with Gasteiger partial charge in [-0.05, 0) is 18.0 Å². The monoisotopic (exact) mass is 459 g/mol. The lowest BCUT2D eigenvalue weighted by atomic mass is 10.1. The van der Waals surface area contributed by atoms with E-state index < -0.39 is 0 Å². The SMILES string of the molecule is CCN1CCN(CC(C)CNC(=NC)NCc2ccccc2)CC1.I.